The fourth-order valence-electron chi connectivity index (χ4n) is 10.6. The molecule has 0 aromatic carbocycles. The number of hydrogen-bond donors (Lipinski definition) is 8. The molecule has 4 aliphatic carbocycles. The zero-order valence-electron chi connectivity index (χ0n) is 28.1. The molecule has 3 saturated carbocycles. The SMILES string of the molecule is C[C@@]12CC[C@@H]3[C@H](CC=C4C[C@@H](O[C@H]5O[C@@H](CO)[C@H](O)[C@@H](O[C@@H]6O[C@H](CO)[C@H](O)[C@H](O)[C@@H]6O)[C@@H]5O)CC[C@]43C)[C@@]1(O)CC/C2=C1\COC(=O)C1. The monoisotopic (exact) mass is 696 g/mol. The van der Waals surface area contributed by atoms with Crippen LogP contribution < -0.4 is 0 Å². The van der Waals surface area contributed by atoms with E-state index < -0.39 is 85.6 Å². The van der Waals surface area contributed by atoms with E-state index in [0.717, 1.165) is 37.7 Å². The summed E-state index contributed by atoms with van der Waals surface area (Å²) in [6, 6.07) is 0. The molecule has 14 nitrogen and oxygen atoms in total. The van der Waals surface area contributed by atoms with Crippen LogP contribution in [0.4, 0.5) is 0 Å². The number of rotatable bonds is 6. The highest BCUT2D eigenvalue weighted by Gasteiger charge is 2.65. The number of carbonyl (C=O) groups is 1. The Balaban J connectivity index is 1.05. The summed E-state index contributed by atoms with van der Waals surface area (Å²) in [4.78, 5) is 11.9. The summed E-state index contributed by atoms with van der Waals surface area (Å²) in [5.74, 6) is 0.140. The highest BCUT2D eigenvalue weighted by atomic mass is 16.7. The maximum atomic E-state index is 12.5. The lowest BCUT2D eigenvalue weighted by Gasteiger charge is -2.60. The van der Waals surface area contributed by atoms with Gasteiger partial charge in [-0.25, -0.2) is 0 Å². The van der Waals surface area contributed by atoms with Crippen LogP contribution in [0, 0.1) is 22.7 Å². The molecule has 276 valence electrons. The third kappa shape index (κ3) is 5.66. The van der Waals surface area contributed by atoms with Crippen LogP contribution >= 0.6 is 0 Å². The molecule has 3 saturated heterocycles. The maximum absolute atomic E-state index is 12.5. The first-order valence-electron chi connectivity index (χ1n) is 17.8. The van der Waals surface area contributed by atoms with Gasteiger partial charge >= 0.3 is 5.97 Å². The first-order valence-corrected chi connectivity index (χ1v) is 17.8. The van der Waals surface area contributed by atoms with Crippen LogP contribution in [0.1, 0.15) is 71.6 Å². The van der Waals surface area contributed by atoms with E-state index in [9.17, 15) is 45.6 Å². The van der Waals surface area contributed by atoms with Gasteiger partial charge in [0.15, 0.2) is 12.6 Å². The van der Waals surface area contributed by atoms with Crippen molar-refractivity contribution in [3.05, 3.63) is 22.8 Å². The summed E-state index contributed by atoms with van der Waals surface area (Å²) < 4.78 is 28.6. The second-order valence-corrected chi connectivity index (χ2v) is 15.8. The van der Waals surface area contributed by atoms with Crippen molar-refractivity contribution < 1.29 is 69.3 Å². The Morgan fingerprint density at radius 1 is 0.837 bits per heavy atom. The van der Waals surface area contributed by atoms with Crippen LogP contribution in [0.5, 0.6) is 0 Å². The van der Waals surface area contributed by atoms with Crippen LogP contribution in [0.15, 0.2) is 22.8 Å². The average molecular weight is 697 g/mol. The molecule has 0 radical (unpaired) electrons. The minimum absolute atomic E-state index is 0.0733. The lowest BCUT2D eigenvalue weighted by molar-refractivity contribution is -0.364. The number of hydrogen-bond acceptors (Lipinski definition) is 14. The summed E-state index contributed by atoms with van der Waals surface area (Å²) in [6.07, 6.45) is -6.93. The molecular formula is C35H52O14. The van der Waals surface area contributed by atoms with Crippen LogP contribution in [0.2, 0.25) is 0 Å². The summed E-state index contributed by atoms with van der Waals surface area (Å²) >= 11 is 0. The standard InChI is InChI=1S/C35H52O14/c1-33-8-5-18(46-32-29(43)30(26(40)23(14-37)48-32)49-31-28(42)27(41)25(39)22(13-36)47-31)12-17(33)3-4-21-20(33)6-9-34(2)19(7-10-35(21,34)44)16-11-24(38)45-15-16/h3,18,20-23,25-32,36-37,39-44H,4-15H2,1-2H3/b19-16+/t18-,20+,21-,22+,23-,25-,26-,27-,28-,29-,30+,31-,32-,33+,34-,35-/m0/s1. The Labute approximate surface area is 285 Å². The van der Waals surface area contributed by atoms with Crippen LogP contribution in [0.25, 0.3) is 0 Å². The summed E-state index contributed by atoms with van der Waals surface area (Å²) in [5, 5.41) is 85.0. The van der Waals surface area contributed by atoms with Gasteiger partial charge in [0.2, 0.25) is 0 Å². The quantitative estimate of drug-likeness (QED) is 0.127. The molecule has 0 bridgehead atoms. The Bertz CT molecular complexity index is 1330. The topological polar surface area (TPSA) is 225 Å². The van der Waals surface area contributed by atoms with Crippen molar-refractivity contribution in [3.63, 3.8) is 0 Å². The maximum Gasteiger partial charge on any atom is 0.310 e. The fourth-order valence-corrected chi connectivity index (χ4v) is 10.6. The largest absolute Gasteiger partial charge is 0.461 e. The molecular weight excluding hydrogens is 644 g/mol. The van der Waals surface area contributed by atoms with Crippen molar-refractivity contribution >= 4 is 5.97 Å². The van der Waals surface area contributed by atoms with Gasteiger partial charge in [-0.15, -0.1) is 0 Å². The third-order valence-corrected chi connectivity index (χ3v) is 13.5. The summed E-state index contributed by atoms with van der Waals surface area (Å²) in [5.41, 5.74) is 2.06. The minimum atomic E-state index is -1.76. The number of fused-ring (bicyclic) bond motifs is 5. The Hall–Kier alpha value is -1.53. The molecule has 3 heterocycles. The van der Waals surface area contributed by atoms with Crippen LogP contribution in [0.3, 0.4) is 0 Å². The van der Waals surface area contributed by atoms with Gasteiger partial charge in [0.1, 0.15) is 55.4 Å². The molecule has 0 aromatic heterocycles. The molecule has 0 spiro atoms. The Morgan fingerprint density at radius 3 is 2.20 bits per heavy atom. The number of cyclic esters (lactones) is 1. The van der Waals surface area contributed by atoms with Gasteiger partial charge < -0.3 is 64.5 Å². The van der Waals surface area contributed by atoms with E-state index in [-0.39, 0.29) is 29.3 Å². The second-order valence-electron chi connectivity index (χ2n) is 15.8. The second kappa shape index (κ2) is 13.2. The number of aliphatic hydroxyl groups is 8. The number of carbonyl (C=O) groups excluding carboxylic acids is 1. The molecule has 7 aliphatic rings. The molecule has 0 amide bonds. The van der Waals surface area contributed by atoms with Crippen molar-refractivity contribution in [2.75, 3.05) is 19.8 Å². The number of aliphatic hydroxyl groups excluding tert-OH is 7. The minimum Gasteiger partial charge on any atom is -0.461 e. The molecule has 8 N–H and O–H groups in total. The lowest BCUT2D eigenvalue weighted by atomic mass is 9.46. The molecule has 49 heavy (non-hydrogen) atoms. The van der Waals surface area contributed by atoms with Crippen molar-refractivity contribution in [3.8, 4) is 0 Å². The highest BCUT2D eigenvalue weighted by molar-refractivity contribution is 5.76. The third-order valence-electron chi connectivity index (χ3n) is 13.5. The normalized spacial score (nSPS) is 53.0. The average Bonchev–Trinajstić information content (AvgIpc) is 3.63. The van der Waals surface area contributed by atoms with Gasteiger partial charge in [0, 0.05) is 5.41 Å². The lowest BCUT2D eigenvalue weighted by Crippen LogP contribution is -2.65. The highest BCUT2D eigenvalue weighted by Crippen LogP contribution is 2.68. The van der Waals surface area contributed by atoms with Gasteiger partial charge in [0.05, 0.1) is 31.3 Å². The summed E-state index contributed by atoms with van der Waals surface area (Å²) in [7, 11) is 0. The van der Waals surface area contributed by atoms with E-state index in [2.05, 4.69) is 19.9 Å². The predicted molar refractivity (Wildman–Crippen MR) is 167 cm³/mol. The van der Waals surface area contributed by atoms with Gasteiger partial charge in [-0.05, 0) is 74.2 Å². The Kier molecular flexibility index (Phi) is 9.62. The van der Waals surface area contributed by atoms with Crippen molar-refractivity contribution in [2.24, 2.45) is 22.7 Å². The predicted octanol–water partition coefficient (Wildman–Crippen LogP) is -0.683. The van der Waals surface area contributed by atoms with Crippen LogP contribution in [-0.2, 0) is 28.5 Å². The molecule has 7 rings (SSSR count). The molecule has 0 unspecified atom stereocenters. The zero-order chi connectivity index (χ0) is 35.0. The number of esters is 1. The smallest absolute Gasteiger partial charge is 0.310 e. The van der Waals surface area contributed by atoms with Crippen molar-refractivity contribution in [1.82, 2.24) is 0 Å². The molecule has 6 fully saturated rings. The van der Waals surface area contributed by atoms with Crippen LogP contribution in [-0.4, -0.2) is 140 Å². The summed E-state index contributed by atoms with van der Waals surface area (Å²) in [6.45, 7) is 3.48. The fraction of sp³-hybridized carbons (Fsp3) is 0.857. The number of allylic oxidation sites excluding steroid dienone is 1. The van der Waals surface area contributed by atoms with E-state index >= 15 is 0 Å². The first-order chi connectivity index (χ1) is 23.3. The van der Waals surface area contributed by atoms with Gasteiger partial charge in [-0.3, -0.25) is 4.79 Å². The number of ether oxygens (including phenoxy) is 5. The van der Waals surface area contributed by atoms with Gasteiger partial charge in [-0.2, -0.15) is 0 Å². The van der Waals surface area contributed by atoms with Crippen molar-refractivity contribution in [2.45, 2.75) is 145 Å². The molecule has 0 aromatic rings. The van der Waals surface area contributed by atoms with E-state index in [1.165, 1.54) is 11.1 Å². The zero-order valence-corrected chi connectivity index (χ0v) is 28.1. The van der Waals surface area contributed by atoms with E-state index in [4.69, 9.17) is 23.7 Å². The first kappa shape index (κ1) is 35.9. The van der Waals surface area contributed by atoms with Crippen molar-refractivity contribution in [1.29, 1.82) is 0 Å². The molecule has 3 aliphatic heterocycles. The van der Waals surface area contributed by atoms with E-state index in [1.807, 2.05) is 0 Å². The van der Waals surface area contributed by atoms with Gasteiger partial charge in [-0.1, -0.05) is 31.1 Å². The Morgan fingerprint density at radius 2 is 1.53 bits per heavy atom. The van der Waals surface area contributed by atoms with E-state index in [1.54, 1.807) is 0 Å². The molecule has 16 atom stereocenters. The molecule has 14 heteroatoms. The van der Waals surface area contributed by atoms with E-state index in [0.29, 0.717) is 32.3 Å². The van der Waals surface area contributed by atoms with Gasteiger partial charge in [0.25, 0.3) is 0 Å².